The van der Waals surface area contributed by atoms with E-state index in [4.69, 9.17) is 14.6 Å². The van der Waals surface area contributed by atoms with E-state index in [1.165, 1.54) is 0 Å². The maximum Gasteiger partial charge on any atom is 0.307 e. The lowest BCUT2D eigenvalue weighted by molar-refractivity contribution is -0.143. The van der Waals surface area contributed by atoms with Gasteiger partial charge in [-0.2, -0.15) is 0 Å². The molecule has 0 radical (unpaired) electrons. The molecular formula is C10H15NO4. The minimum atomic E-state index is -0.697. The van der Waals surface area contributed by atoms with Crippen LogP contribution in [0.2, 0.25) is 0 Å². The summed E-state index contributed by atoms with van der Waals surface area (Å²) < 4.78 is 10.1. The molecule has 2 rings (SSSR count). The highest BCUT2D eigenvalue weighted by Gasteiger charge is 2.26. The van der Waals surface area contributed by atoms with Gasteiger partial charge in [-0.05, 0) is 19.4 Å². The molecule has 1 saturated heterocycles. The Morgan fingerprint density at radius 2 is 2.53 bits per heavy atom. The Balaban J connectivity index is 1.84. The molecule has 2 heterocycles. The number of likely N-dealkylation sites (tertiary alicyclic amines) is 1. The SMILES string of the molecule is O=C(O)C1CCCN(CC2=COCO2)C1. The third kappa shape index (κ3) is 2.62. The fraction of sp³-hybridized carbons (Fsp3) is 0.700. The Labute approximate surface area is 88.3 Å². The predicted octanol–water partition coefficient (Wildman–Crippen LogP) is 0.629. The summed E-state index contributed by atoms with van der Waals surface area (Å²) in [5, 5.41) is 8.92. The zero-order valence-electron chi connectivity index (χ0n) is 8.52. The number of hydrogen-bond acceptors (Lipinski definition) is 4. The monoisotopic (exact) mass is 213 g/mol. The van der Waals surface area contributed by atoms with Gasteiger partial charge in [-0.15, -0.1) is 0 Å². The number of aliphatic carboxylic acids is 1. The molecule has 0 aromatic rings. The lowest BCUT2D eigenvalue weighted by atomic mass is 9.98. The molecule has 1 N–H and O–H groups in total. The second-order valence-electron chi connectivity index (χ2n) is 3.93. The van der Waals surface area contributed by atoms with Crippen LogP contribution in [0.5, 0.6) is 0 Å². The van der Waals surface area contributed by atoms with Crippen molar-refractivity contribution in [1.29, 1.82) is 0 Å². The molecule has 0 spiro atoms. The molecule has 1 unspecified atom stereocenters. The normalized spacial score (nSPS) is 26.7. The molecule has 2 aliphatic heterocycles. The Morgan fingerprint density at radius 1 is 1.67 bits per heavy atom. The summed E-state index contributed by atoms with van der Waals surface area (Å²) in [7, 11) is 0. The molecular weight excluding hydrogens is 198 g/mol. The molecule has 2 aliphatic rings. The van der Waals surface area contributed by atoms with Gasteiger partial charge in [0.2, 0.25) is 6.79 Å². The van der Waals surface area contributed by atoms with E-state index in [0.29, 0.717) is 13.1 Å². The number of carboxylic acids is 1. The van der Waals surface area contributed by atoms with Crippen molar-refractivity contribution in [2.24, 2.45) is 5.92 Å². The second kappa shape index (κ2) is 4.53. The van der Waals surface area contributed by atoms with Crippen LogP contribution in [0.25, 0.3) is 0 Å². The van der Waals surface area contributed by atoms with E-state index >= 15 is 0 Å². The highest BCUT2D eigenvalue weighted by Crippen LogP contribution is 2.18. The van der Waals surface area contributed by atoms with Crippen LogP contribution in [0, 0.1) is 5.92 Å². The van der Waals surface area contributed by atoms with Gasteiger partial charge in [0.25, 0.3) is 0 Å². The van der Waals surface area contributed by atoms with E-state index in [1.54, 1.807) is 6.26 Å². The summed E-state index contributed by atoms with van der Waals surface area (Å²) in [6.07, 6.45) is 3.32. The van der Waals surface area contributed by atoms with Crippen molar-refractivity contribution in [2.45, 2.75) is 12.8 Å². The molecule has 0 aliphatic carbocycles. The van der Waals surface area contributed by atoms with E-state index in [1.807, 2.05) is 0 Å². The maximum atomic E-state index is 10.8. The number of rotatable bonds is 3. The topological polar surface area (TPSA) is 59.0 Å². The van der Waals surface area contributed by atoms with Crippen molar-refractivity contribution in [3.05, 3.63) is 12.0 Å². The molecule has 0 bridgehead atoms. The van der Waals surface area contributed by atoms with Crippen LogP contribution >= 0.6 is 0 Å². The Kier molecular flexibility index (Phi) is 3.11. The third-order valence-electron chi connectivity index (χ3n) is 2.76. The van der Waals surface area contributed by atoms with Gasteiger partial charge < -0.3 is 14.6 Å². The average molecular weight is 213 g/mol. The molecule has 1 atom stereocenters. The molecule has 5 heteroatoms. The van der Waals surface area contributed by atoms with Crippen LogP contribution in [-0.2, 0) is 14.3 Å². The summed E-state index contributed by atoms with van der Waals surface area (Å²) >= 11 is 0. The predicted molar refractivity (Wildman–Crippen MR) is 51.9 cm³/mol. The Morgan fingerprint density at radius 3 is 3.20 bits per heavy atom. The van der Waals surface area contributed by atoms with Gasteiger partial charge in [0, 0.05) is 6.54 Å². The fourth-order valence-electron chi connectivity index (χ4n) is 1.97. The van der Waals surface area contributed by atoms with Gasteiger partial charge in [0.1, 0.15) is 12.0 Å². The largest absolute Gasteiger partial charge is 0.481 e. The minimum Gasteiger partial charge on any atom is -0.481 e. The number of carbonyl (C=O) groups is 1. The van der Waals surface area contributed by atoms with Crippen molar-refractivity contribution in [3.63, 3.8) is 0 Å². The Hall–Kier alpha value is -1.23. The van der Waals surface area contributed by atoms with Crippen LogP contribution in [0.4, 0.5) is 0 Å². The minimum absolute atomic E-state index is 0.235. The van der Waals surface area contributed by atoms with Gasteiger partial charge in [0.05, 0.1) is 12.5 Å². The standard InChI is InChI=1S/C10H15NO4/c12-10(13)8-2-1-3-11(4-8)5-9-6-14-7-15-9/h6,8H,1-5,7H2,(H,12,13). The molecule has 0 amide bonds. The van der Waals surface area contributed by atoms with Crippen LogP contribution in [0.3, 0.4) is 0 Å². The number of nitrogens with zero attached hydrogens (tertiary/aromatic N) is 1. The number of piperidine rings is 1. The van der Waals surface area contributed by atoms with Crippen LogP contribution in [0.15, 0.2) is 12.0 Å². The van der Waals surface area contributed by atoms with E-state index in [0.717, 1.165) is 25.1 Å². The van der Waals surface area contributed by atoms with Crippen molar-refractivity contribution in [2.75, 3.05) is 26.4 Å². The van der Waals surface area contributed by atoms with Gasteiger partial charge >= 0.3 is 5.97 Å². The van der Waals surface area contributed by atoms with Crippen molar-refractivity contribution < 1.29 is 19.4 Å². The first-order chi connectivity index (χ1) is 7.25. The first-order valence-corrected chi connectivity index (χ1v) is 5.14. The first kappa shape index (κ1) is 10.3. The maximum absolute atomic E-state index is 10.8. The molecule has 1 fully saturated rings. The Bertz CT molecular complexity index is 277. The second-order valence-corrected chi connectivity index (χ2v) is 3.93. The molecule has 84 valence electrons. The summed E-state index contributed by atoms with van der Waals surface area (Å²) in [4.78, 5) is 12.9. The average Bonchev–Trinajstić information content (AvgIpc) is 2.71. The summed E-state index contributed by atoms with van der Waals surface area (Å²) in [6.45, 7) is 2.48. The first-order valence-electron chi connectivity index (χ1n) is 5.14. The zero-order valence-corrected chi connectivity index (χ0v) is 8.52. The van der Waals surface area contributed by atoms with Crippen LogP contribution < -0.4 is 0 Å². The highest BCUT2D eigenvalue weighted by atomic mass is 16.7. The number of carboxylic acid groups (broad SMARTS) is 1. The van der Waals surface area contributed by atoms with Gasteiger partial charge in [-0.1, -0.05) is 0 Å². The number of ether oxygens (including phenoxy) is 2. The number of hydrogen-bond donors (Lipinski definition) is 1. The quantitative estimate of drug-likeness (QED) is 0.745. The van der Waals surface area contributed by atoms with Crippen molar-refractivity contribution in [3.8, 4) is 0 Å². The molecule has 0 aromatic heterocycles. The van der Waals surface area contributed by atoms with Crippen LogP contribution in [-0.4, -0.2) is 42.4 Å². The van der Waals surface area contributed by atoms with E-state index < -0.39 is 5.97 Å². The summed E-state index contributed by atoms with van der Waals surface area (Å²) in [5.74, 6) is -0.139. The molecule has 5 nitrogen and oxygen atoms in total. The lowest BCUT2D eigenvalue weighted by Gasteiger charge is -2.30. The van der Waals surface area contributed by atoms with E-state index in [-0.39, 0.29) is 12.7 Å². The third-order valence-corrected chi connectivity index (χ3v) is 2.76. The van der Waals surface area contributed by atoms with Gasteiger partial charge in [-0.3, -0.25) is 9.69 Å². The smallest absolute Gasteiger partial charge is 0.307 e. The van der Waals surface area contributed by atoms with Crippen molar-refractivity contribution >= 4 is 5.97 Å². The summed E-state index contributed by atoms with van der Waals surface area (Å²) in [5.41, 5.74) is 0. The van der Waals surface area contributed by atoms with Crippen molar-refractivity contribution in [1.82, 2.24) is 4.90 Å². The van der Waals surface area contributed by atoms with Gasteiger partial charge in [-0.25, -0.2) is 0 Å². The fourth-order valence-corrected chi connectivity index (χ4v) is 1.97. The van der Waals surface area contributed by atoms with Gasteiger partial charge in [0.15, 0.2) is 0 Å². The zero-order chi connectivity index (χ0) is 10.7. The van der Waals surface area contributed by atoms with E-state index in [9.17, 15) is 4.79 Å². The molecule has 0 saturated carbocycles. The van der Waals surface area contributed by atoms with E-state index in [2.05, 4.69) is 4.90 Å². The summed E-state index contributed by atoms with van der Waals surface area (Å²) in [6, 6.07) is 0. The lowest BCUT2D eigenvalue weighted by Crippen LogP contribution is -2.39. The van der Waals surface area contributed by atoms with Crippen LogP contribution in [0.1, 0.15) is 12.8 Å². The molecule has 15 heavy (non-hydrogen) atoms. The molecule has 0 aromatic carbocycles. The highest BCUT2D eigenvalue weighted by molar-refractivity contribution is 5.70.